The molecule has 1 unspecified atom stereocenters. The second kappa shape index (κ2) is 12.2. The fraction of sp³-hybridized carbons (Fsp3) is 0.160. The Labute approximate surface area is 193 Å². The van der Waals surface area contributed by atoms with Crippen molar-refractivity contribution in [1.29, 1.82) is 5.26 Å². The molecular weight excluding hydrogens is 415 g/mol. The van der Waals surface area contributed by atoms with Gasteiger partial charge < -0.3 is 20.7 Å². The number of allylic oxidation sites excluding steroid dienone is 1. The van der Waals surface area contributed by atoms with Gasteiger partial charge in [0.1, 0.15) is 6.07 Å². The number of carbonyl (C=O) groups is 1. The Hall–Kier alpha value is -3.93. The summed E-state index contributed by atoms with van der Waals surface area (Å²) in [7, 11) is -1.67. The third kappa shape index (κ3) is 7.61. The molecule has 7 nitrogen and oxygen atoms in total. The number of urea groups is 1. The van der Waals surface area contributed by atoms with E-state index in [1.807, 2.05) is 60.7 Å². The van der Waals surface area contributed by atoms with Gasteiger partial charge in [0, 0.05) is 12.7 Å². The van der Waals surface area contributed by atoms with E-state index in [0.717, 1.165) is 16.7 Å². The lowest BCUT2D eigenvalue weighted by Crippen LogP contribution is -2.51. The Morgan fingerprint density at radius 1 is 1.06 bits per heavy atom. The number of aromatic nitrogens is 1. The predicted molar refractivity (Wildman–Crippen MR) is 129 cm³/mol. The Morgan fingerprint density at radius 2 is 1.82 bits per heavy atom. The first-order valence-corrected chi connectivity index (χ1v) is 10.6. The molecule has 0 aliphatic rings. The van der Waals surface area contributed by atoms with Crippen LogP contribution in [-0.4, -0.2) is 40.7 Å². The van der Waals surface area contributed by atoms with Crippen LogP contribution in [0.2, 0.25) is 0 Å². The average molecular weight is 440 g/mol. The van der Waals surface area contributed by atoms with E-state index in [1.54, 1.807) is 24.4 Å². The summed E-state index contributed by atoms with van der Waals surface area (Å²) in [6.07, 6.45) is 4.31. The number of rotatable bonds is 9. The van der Waals surface area contributed by atoms with Gasteiger partial charge in [0.15, 0.2) is 0 Å². The third-order valence-electron chi connectivity index (χ3n) is 5.00. The van der Waals surface area contributed by atoms with Crippen LogP contribution in [0.25, 0.3) is 11.6 Å². The van der Waals surface area contributed by atoms with Crippen LogP contribution < -0.4 is 10.6 Å². The highest BCUT2D eigenvalue weighted by Crippen LogP contribution is 2.16. The van der Waals surface area contributed by atoms with Gasteiger partial charge in [-0.3, -0.25) is 4.98 Å². The van der Waals surface area contributed by atoms with Crippen molar-refractivity contribution < 1.29 is 14.8 Å². The number of nitrogens with one attached hydrogen (secondary N) is 2. The Balaban J connectivity index is 1.54. The van der Waals surface area contributed by atoms with E-state index in [9.17, 15) is 20.1 Å². The molecule has 0 aliphatic carbocycles. The van der Waals surface area contributed by atoms with Crippen molar-refractivity contribution in [3.05, 3.63) is 101 Å². The van der Waals surface area contributed by atoms with Crippen molar-refractivity contribution in [2.75, 3.05) is 6.54 Å². The molecule has 166 valence electrons. The van der Waals surface area contributed by atoms with Crippen LogP contribution in [0.4, 0.5) is 4.79 Å². The van der Waals surface area contributed by atoms with Gasteiger partial charge in [0.2, 0.25) is 0 Å². The van der Waals surface area contributed by atoms with Crippen LogP contribution in [0.15, 0.2) is 79.0 Å². The smallest absolute Gasteiger partial charge is 0.426 e. The first kappa shape index (κ1) is 23.7. The highest BCUT2D eigenvalue weighted by Gasteiger charge is 2.25. The highest BCUT2D eigenvalue weighted by atomic mass is 16.4. The van der Waals surface area contributed by atoms with E-state index in [-0.39, 0.29) is 0 Å². The first-order valence-electron chi connectivity index (χ1n) is 10.6. The van der Waals surface area contributed by atoms with Crippen LogP contribution in [0.3, 0.4) is 0 Å². The molecule has 2 amide bonds. The minimum Gasteiger partial charge on any atom is -0.426 e. The Bertz CT molecular complexity index is 1120. The van der Waals surface area contributed by atoms with Gasteiger partial charge in [-0.05, 0) is 47.7 Å². The maximum Gasteiger partial charge on any atom is 0.475 e. The van der Waals surface area contributed by atoms with E-state index >= 15 is 0 Å². The zero-order valence-electron chi connectivity index (χ0n) is 18.1. The van der Waals surface area contributed by atoms with E-state index in [2.05, 4.69) is 21.7 Å². The van der Waals surface area contributed by atoms with Gasteiger partial charge in [0.05, 0.1) is 17.2 Å². The lowest BCUT2D eigenvalue weighted by atomic mass is 9.76. The molecule has 0 saturated heterocycles. The number of amides is 2. The molecule has 1 heterocycles. The van der Waals surface area contributed by atoms with Crippen molar-refractivity contribution in [2.45, 2.75) is 18.8 Å². The molecule has 0 radical (unpaired) electrons. The summed E-state index contributed by atoms with van der Waals surface area (Å²) in [6, 6.07) is 24.1. The minimum absolute atomic E-state index is 0.303. The van der Waals surface area contributed by atoms with Crippen LogP contribution in [0, 0.1) is 11.3 Å². The predicted octanol–water partition coefficient (Wildman–Crippen LogP) is 2.61. The van der Waals surface area contributed by atoms with Crippen LogP contribution >= 0.6 is 0 Å². The normalized spacial score (nSPS) is 11.8. The van der Waals surface area contributed by atoms with Crippen LogP contribution in [-0.2, 0) is 12.8 Å². The first-order chi connectivity index (χ1) is 16.0. The molecule has 0 aliphatic heterocycles. The molecular formula is C25H25BN4O3. The Morgan fingerprint density at radius 3 is 2.52 bits per heavy atom. The second-order valence-corrected chi connectivity index (χ2v) is 7.49. The largest absolute Gasteiger partial charge is 0.475 e. The van der Waals surface area contributed by atoms with Gasteiger partial charge in [0.25, 0.3) is 0 Å². The van der Waals surface area contributed by atoms with Crippen molar-refractivity contribution in [3.8, 4) is 6.07 Å². The van der Waals surface area contributed by atoms with E-state index in [0.29, 0.717) is 30.7 Å². The average Bonchev–Trinajstić information content (AvgIpc) is 2.83. The van der Waals surface area contributed by atoms with E-state index < -0.39 is 19.1 Å². The summed E-state index contributed by atoms with van der Waals surface area (Å²) >= 11 is 0. The summed E-state index contributed by atoms with van der Waals surface area (Å²) in [5.74, 6) is -0.822. The van der Waals surface area contributed by atoms with E-state index in [4.69, 9.17) is 0 Å². The highest BCUT2D eigenvalue weighted by molar-refractivity contribution is 6.43. The summed E-state index contributed by atoms with van der Waals surface area (Å²) in [4.78, 5) is 16.5. The SMILES string of the molecule is N#CC(=Cc1cccc(CCNC(=O)NC(Cc2ccccc2)B(O)O)c1)c1ccccn1. The van der Waals surface area contributed by atoms with E-state index in [1.165, 1.54) is 0 Å². The van der Waals surface area contributed by atoms with Gasteiger partial charge >= 0.3 is 13.1 Å². The van der Waals surface area contributed by atoms with Crippen molar-refractivity contribution in [2.24, 2.45) is 0 Å². The van der Waals surface area contributed by atoms with Gasteiger partial charge in [-0.15, -0.1) is 0 Å². The molecule has 8 heteroatoms. The quantitative estimate of drug-likeness (QED) is 0.301. The standard InChI is InChI=1S/C25H25BN4O3/c27-18-22(23-11-4-5-13-28-23)16-21-10-6-9-20(15-21)12-14-29-25(31)30-24(26(32)33)17-19-7-2-1-3-8-19/h1-11,13,15-16,24,32-33H,12,14,17H2,(H2,29,30,31). The fourth-order valence-corrected chi connectivity index (χ4v) is 3.33. The molecule has 1 aromatic heterocycles. The summed E-state index contributed by atoms with van der Waals surface area (Å²) < 4.78 is 0. The number of hydrogen-bond acceptors (Lipinski definition) is 5. The molecule has 3 aromatic rings. The number of hydrogen-bond donors (Lipinski definition) is 4. The van der Waals surface area contributed by atoms with Gasteiger partial charge in [-0.2, -0.15) is 5.26 Å². The second-order valence-electron chi connectivity index (χ2n) is 7.49. The number of nitriles is 1. The van der Waals surface area contributed by atoms with Crippen LogP contribution in [0.1, 0.15) is 22.4 Å². The molecule has 0 spiro atoms. The van der Waals surface area contributed by atoms with Gasteiger partial charge in [-0.1, -0.05) is 60.7 Å². The van der Waals surface area contributed by atoms with Gasteiger partial charge in [-0.25, -0.2) is 4.79 Å². The topological polar surface area (TPSA) is 118 Å². The summed E-state index contributed by atoms with van der Waals surface area (Å²) in [5, 5.41) is 34.1. The monoisotopic (exact) mass is 440 g/mol. The fourth-order valence-electron chi connectivity index (χ4n) is 3.33. The summed E-state index contributed by atoms with van der Waals surface area (Å²) in [6.45, 7) is 0.365. The van der Waals surface area contributed by atoms with Crippen molar-refractivity contribution >= 4 is 24.8 Å². The number of pyridine rings is 1. The third-order valence-corrected chi connectivity index (χ3v) is 5.00. The van der Waals surface area contributed by atoms with Crippen molar-refractivity contribution in [3.63, 3.8) is 0 Å². The lowest BCUT2D eigenvalue weighted by molar-refractivity contribution is 0.237. The maximum atomic E-state index is 12.2. The molecule has 0 bridgehead atoms. The lowest BCUT2D eigenvalue weighted by Gasteiger charge is -2.18. The molecule has 0 fully saturated rings. The number of carbonyl (C=O) groups excluding carboxylic acids is 1. The minimum atomic E-state index is -1.67. The summed E-state index contributed by atoms with van der Waals surface area (Å²) in [5.41, 5.74) is 3.83. The molecule has 4 N–H and O–H groups in total. The van der Waals surface area contributed by atoms with Crippen molar-refractivity contribution in [1.82, 2.24) is 15.6 Å². The number of nitrogens with zero attached hydrogens (tertiary/aromatic N) is 2. The molecule has 33 heavy (non-hydrogen) atoms. The zero-order valence-corrected chi connectivity index (χ0v) is 18.1. The molecule has 1 atom stereocenters. The Kier molecular flexibility index (Phi) is 8.77. The maximum absolute atomic E-state index is 12.2. The van der Waals surface area contributed by atoms with Crippen LogP contribution in [0.5, 0.6) is 0 Å². The number of benzene rings is 2. The zero-order chi connectivity index (χ0) is 23.5. The molecule has 2 aromatic carbocycles. The molecule has 0 saturated carbocycles. The molecule has 3 rings (SSSR count).